The van der Waals surface area contributed by atoms with Crippen molar-refractivity contribution in [3.05, 3.63) is 71.9 Å². The molecular formula is C22H26N4O2. The molecule has 0 spiro atoms. The highest BCUT2D eigenvalue weighted by Crippen LogP contribution is 2.25. The van der Waals surface area contributed by atoms with Crippen molar-refractivity contribution in [2.75, 3.05) is 23.3 Å². The smallest absolute Gasteiger partial charge is 0.253 e. The summed E-state index contributed by atoms with van der Waals surface area (Å²) in [6, 6.07) is 11.7. The summed E-state index contributed by atoms with van der Waals surface area (Å²) in [6.45, 7) is 8.67. The molecule has 3 aromatic rings. The molecule has 3 rings (SSSR count). The van der Waals surface area contributed by atoms with E-state index in [1.807, 2.05) is 6.07 Å². The van der Waals surface area contributed by atoms with Gasteiger partial charge in [0.05, 0.1) is 30.3 Å². The monoisotopic (exact) mass is 378 g/mol. The van der Waals surface area contributed by atoms with E-state index in [0.29, 0.717) is 17.9 Å². The fraction of sp³-hybridized carbons (Fsp3) is 0.273. The third-order valence-corrected chi connectivity index (χ3v) is 4.62. The van der Waals surface area contributed by atoms with E-state index < -0.39 is 0 Å². The third kappa shape index (κ3) is 4.71. The lowest BCUT2D eigenvalue weighted by atomic mass is 10.1. The molecule has 0 aliphatic heterocycles. The van der Waals surface area contributed by atoms with Crippen LogP contribution in [0.5, 0.6) is 0 Å². The number of hydrogen-bond donors (Lipinski definition) is 2. The van der Waals surface area contributed by atoms with Gasteiger partial charge in [0.15, 0.2) is 0 Å². The first-order chi connectivity index (χ1) is 13.6. The van der Waals surface area contributed by atoms with Crippen LogP contribution in [0.1, 0.15) is 35.5 Å². The molecule has 0 radical (unpaired) electrons. The van der Waals surface area contributed by atoms with Crippen LogP contribution in [-0.2, 0) is 6.54 Å². The summed E-state index contributed by atoms with van der Waals surface area (Å²) in [5.74, 6) is 0.514. The summed E-state index contributed by atoms with van der Waals surface area (Å²) in [5.41, 5.74) is 4.60. The first-order valence-electron chi connectivity index (χ1n) is 9.49. The number of pyridine rings is 1. The summed E-state index contributed by atoms with van der Waals surface area (Å²) in [4.78, 5) is 18.9. The van der Waals surface area contributed by atoms with Crippen LogP contribution >= 0.6 is 0 Å². The molecule has 0 saturated carbocycles. The Hall–Kier alpha value is -3.28. The van der Waals surface area contributed by atoms with E-state index in [-0.39, 0.29) is 5.91 Å². The number of hydrogen-bond acceptors (Lipinski definition) is 5. The predicted molar refractivity (Wildman–Crippen MR) is 112 cm³/mol. The first-order valence-corrected chi connectivity index (χ1v) is 9.49. The Balaban J connectivity index is 1.69. The number of anilines is 3. The van der Waals surface area contributed by atoms with E-state index in [0.717, 1.165) is 30.0 Å². The Morgan fingerprint density at radius 1 is 1.14 bits per heavy atom. The maximum atomic E-state index is 12.4. The molecule has 0 aliphatic rings. The number of nitrogens with one attached hydrogen (secondary N) is 2. The number of amides is 1. The van der Waals surface area contributed by atoms with Crippen LogP contribution < -0.4 is 15.5 Å². The fourth-order valence-corrected chi connectivity index (χ4v) is 3.04. The van der Waals surface area contributed by atoms with Gasteiger partial charge < -0.3 is 20.0 Å². The number of aryl methyl sites for hydroxylation is 1. The zero-order valence-electron chi connectivity index (χ0n) is 16.5. The van der Waals surface area contributed by atoms with Crippen molar-refractivity contribution in [2.24, 2.45) is 0 Å². The quantitative estimate of drug-likeness (QED) is 0.604. The molecule has 1 amide bonds. The Kier molecular flexibility index (Phi) is 6.32. The van der Waals surface area contributed by atoms with Gasteiger partial charge in [0.1, 0.15) is 5.76 Å². The van der Waals surface area contributed by atoms with Crippen LogP contribution in [0.4, 0.5) is 17.1 Å². The zero-order chi connectivity index (χ0) is 19.9. The van der Waals surface area contributed by atoms with Crippen LogP contribution in [0, 0.1) is 6.92 Å². The SMILES string of the molecule is CCN(CC)c1ccc(Nc2cncc(C(=O)NCc3ccco3)c2)c(C)c1. The molecule has 2 heterocycles. The molecule has 1 aromatic carbocycles. The van der Waals surface area contributed by atoms with Gasteiger partial charge in [0.25, 0.3) is 5.91 Å². The standard InChI is InChI=1S/C22H26N4O2/c1-4-26(5-2)19-8-9-21(16(3)11-19)25-18-12-17(13-23-14-18)22(27)24-15-20-7-6-10-28-20/h6-14,25H,4-5,15H2,1-3H3,(H,24,27). The molecule has 2 aromatic heterocycles. The molecule has 0 atom stereocenters. The third-order valence-electron chi connectivity index (χ3n) is 4.62. The van der Waals surface area contributed by atoms with Crippen molar-refractivity contribution in [1.29, 1.82) is 0 Å². The van der Waals surface area contributed by atoms with Crippen molar-refractivity contribution in [2.45, 2.75) is 27.3 Å². The minimum Gasteiger partial charge on any atom is -0.467 e. The van der Waals surface area contributed by atoms with Crippen LogP contribution in [0.2, 0.25) is 0 Å². The number of carbonyl (C=O) groups excluding carboxylic acids is 1. The number of nitrogens with zero attached hydrogens (tertiary/aromatic N) is 2. The molecule has 0 unspecified atom stereocenters. The van der Waals surface area contributed by atoms with Gasteiger partial charge in [-0.1, -0.05) is 0 Å². The zero-order valence-corrected chi connectivity index (χ0v) is 16.5. The summed E-state index contributed by atoms with van der Waals surface area (Å²) in [7, 11) is 0. The van der Waals surface area contributed by atoms with Crippen LogP contribution in [0.15, 0.2) is 59.5 Å². The van der Waals surface area contributed by atoms with Gasteiger partial charge in [-0.15, -0.1) is 0 Å². The molecule has 146 valence electrons. The van der Waals surface area contributed by atoms with Crippen LogP contribution in [0.3, 0.4) is 0 Å². The summed E-state index contributed by atoms with van der Waals surface area (Å²) >= 11 is 0. The summed E-state index contributed by atoms with van der Waals surface area (Å²) in [6.07, 6.45) is 4.85. The maximum absolute atomic E-state index is 12.4. The van der Waals surface area contributed by atoms with E-state index in [2.05, 4.69) is 59.5 Å². The molecule has 28 heavy (non-hydrogen) atoms. The number of furan rings is 1. The molecule has 0 fully saturated rings. The van der Waals surface area contributed by atoms with E-state index in [4.69, 9.17) is 4.42 Å². The van der Waals surface area contributed by atoms with E-state index in [9.17, 15) is 4.79 Å². The second kappa shape index (κ2) is 9.08. The van der Waals surface area contributed by atoms with Gasteiger partial charge in [0.2, 0.25) is 0 Å². The number of carbonyl (C=O) groups is 1. The molecular weight excluding hydrogens is 352 g/mol. The maximum Gasteiger partial charge on any atom is 0.253 e. The second-order valence-corrected chi connectivity index (χ2v) is 6.52. The average molecular weight is 378 g/mol. The van der Waals surface area contributed by atoms with Crippen molar-refractivity contribution in [3.8, 4) is 0 Å². The van der Waals surface area contributed by atoms with Crippen LogP contribution in [-0.4, -0.2) is 24.0 Å². The van der Waals surface area contributed by atoms with Gasteiger partial charge in [-0.25, -0.2) is 0 Å². The van der Waals surface area contributed by atoms with Gasteiger partial charge in [-0.2, -0.15) is 0 Å². The summed E-state index contributed by atoms with van der Waals surface area (Å²) in [5, 5.41) is 6.19. The molecule has 6 heteroatoms. The topological polar surface area (TPSA) is 70.4 Å². The van der Waals surface area contributed by atoms with Crippen molar-refractivity contribution in [1.82, 2.24) is 10.3 Å². The van der Waals surface area contributed by atoms with Crippen molar-refractivity contribution < 1.29 is 9.21 Å². The largest absolute Gasteiger partial charge is 0.467 e. The Morgan fingerprint density at radius 3 is 2.64 bits per heavy atom. The van der Waals surface area contributed by atoms with E-state index in [1.165, 1.54) is 5.69 Å². The number of aromatic nitrogens is 1. The van der Waals surface area contributed by atoms with E-state index in [1.54, 1.807) is 30.8 Å². The molecule has 2 N–H and O–H groups in total. The van der Waals surface area contributed by atoms with Crippen molar-refractivity contribution in [3.63, 3.8) is 0 Å². The number of benzene rings is 1. The minimum atomic E-state index is -0.193. The molecule has 0 saturated heterocycles. The van der Waals surface area contributed by atoms with E-state index >= 15 is 0 Å². The molecule has 0 aliphatic carbocycles. The highest BCUT2D eigenvalue weighted by molar-refractivity contribution is 5.94. The Labute approximate surface area is 165 Å². The molecule has 6 nitrogen and oxygen atoms in total. The second-order valence-electron chi connectivity index (χ2n) is 6.52. The minimum absolute atomic E-state index is 0.193. The van der Waals surface area contributed by atoms with Gasteiger partial charge in [-0.05, 0) is 62.7 Å². The predicted octanol–water partition coefficient (Wildman–Crippen LogP) is 4.50. The Bertz CT molecular complexity index is 918. The lowest BCUT2D eigenvalue weighted by molar-refractivity contribution is 0.0947. The highest BCUT2D eigenvalue weighted by atomic mass is 16.3. The lowest BCUT2D eigenvalue weighted by Gasteiger charge is -2.22. The fourth-order valence-electron chi connectivity index (χ4n) is 3.04. The van der Waals surface area contributed by atoms with Gasteiger partial charge >= 0.3 is 0 Å². The van der Waals surface area contributed by atoms with Crippen LogP contribution in [0.25, 0.3) is 0 Å². The van der Waals surface area contributed by atoms with Gasteiger partial charge in [-0.3, -0.25) is 9.78 Å². The highest BCUT2D eigenvalue weighted by Gasteiger charge is 2.09. The van der Waals surface area contributed by atoms with Gasteiger partial charge in [0, 0.05) is 30.7 Å². The number of rotatable bonds is 8. The normalized spacial score (nSPS) is 10.5. The van der Waals surface area contributed by atoms with Crippen molar-refractivity contribution >= 4 is 23.0 Å². The summed E-state index contributed by atoms with van der Waals surface area (Å²) < 4.78 is 5.23. The lowest BCUT2D eigenvalue weighted by Crippen LogP contribution is -2.22. The average Bonchev–Trinajstić information content (AvgIpc) is 3.23. The molecule has 0 bridgehead atoms. The Morgan fingerprint density at radius 2 is 1.96 bits per heavy atom. The first kappa shape index (κ1) is 19.5.